The Morgan fingerprint density at radius 1 is 1.47 bits per heavy atom. The molecule has 1 aromatic heterocycles. The molecule has 2 rings (SSSR count). The van der Waals surface area contributed by atoms with Crippen molar-refractivity contribution in [3.63, 3.8) is 0 Å². The smallest absolute Gasteiger partial charge is 0.190 e. The minimum absolute atomic E-state index is 0.364. The van der Waals surface area contributed by atoms with Crippen molar-refractivity contribution < 1.29 is 9.50 Å². The number of aryl methyl sites for hydroxylation is 1. The predicted octanol–water partition coefficient (Wildman–Crippen LogP) is 2.16. The fourth-order valence-corrected chi connectivity index (χ4v) is 2.42. The number of aromatic nitrogens is 3. The summed E-state index contributed by atoms with van der Waals surface area (Å²) in [6, 6.07) is 4.65. The normalized spacial score (nSPS) is 12.7. The first-order valence-corrected chi connectivity index (χ1v) is 5.89. The summed E-state index contributed by atoms with van der Waals surface area (Å²) in [5, 5.41) is 14.1. The molecule has 90 valence electrons. The van der Waals surface area contributed by atoms with Crippen molar-refractivity contribution in [2.75, 3.05) is 0 Å². The van der Waals surface area contributed by atoms with Crippen LogP contribution in [0, 0.1) is 5.82 Å². The number of rotatable bonds is 3. The minimum Gasteiger partial charge on any atom is -0.389 e. The highest BCUT2D eigenvalue weighted by Crippen LogP contribution is 2.33. The van der Waals surface area contributed by atoms with E-state index in [4.69, 9.17) is 0 Å². The highest BCUT2D eigenvalue weighted by molar-refractivity contribution is 7.99. The lowest BCUT2D eigenvalue weighted by Crippen LogP contribution is -1.99. The fraction of sp³-hybridized carbons (Fsp3) is 0.273. The second kappa shape index (κ2) is 4.85. The number of benzene rings is 1. The molecular weight excluding hydrogens is 241 g/mol. The fourth-order valence-electron chi connectivity index (χ4n) is 1.43. The molecule has 0 spiro atoms. The van der Waals surface area contributed by atoms with E-state index in [1.54, 1.807) is 30.8 Å². The van der Waals surface area contributed by atoms with E-state index >= 15 is 0 Å². The second-order valence-electron chi connectivity index (χ2n) is 3.60. The van der Waals surface area contributed by atoms with Crippen molar-refractivity contribution >= 4 is 11.8 Å². The maximum Gasteiger partial charge on any atom is 0.190 e. The van der Waals surface area contributed by atoms with Crippen LogP contribution in [0.2, 0.25) is 0 Å². The van der Waals surface area contributed by atoms with Gasteiger partial charge in [-0.25, -0.2) is 14.1 Å². The highest BCUT2D eigenvalue weighted by Gasteiger charge is 2.15. The molecule has 0 fully saturated rings. The first-order valence-electron chi connectivity index (χ1n) is 5.08. The lowest BCUT2D eigenvalue weighted by molar-refractivity contribution is 0.195. The van der Waals surface area contributed by atoms with Gasteiger partial charge in [0.1, 0.15) is 12.1 Å². The molecule has 0 aliphatic heterocycles. The highest BCUT2D eigenvalue weighted by atomic mass is 32.2. The maximum atomic E-state index is 13.7. The molecule has 1 atom stereocenters. The van der Waals surface area contributed by atoms with Crippen molar-refractivity contribution in [3.8, 4) is 0 Å². The number of nitrogens with zero attached hydrogens (tertiary/aromatic N) is 3. The van der Waals surface area contributed by atoms with E-state index in [0.29, 0.717) is 15.6 Å². The Hall–Kier alpha value is -1.40. The first-order chi connectivity index (χ1) is 8.09. The van der Waals surface area contributed by atoms with E-state index in [-0.39, 0.29) is 5.82 Å². The lowest BCUT2D eigenvalue weighted by Gasteiger charge is -2.11. The van der Waals surface area contributed by atoms with Gasteiger partial charge in [-0.3, -0.25) is 0 Å². The third-order valence-corrected chi connectivity index (χ3v) is 3.50. The molecule has 0 unspecified atom stereocenters. The summed E-state index contributed by atoms with van der Waals surface area (Å²) in [5.41, 5.74) is 0.554. The van der Waals surface area contributed by atoms with E-state index in [9.17, 15) is 9.50 Å². The molecule has 0 aliphatic rings. The summed E-state index contributed by atoms with van der Waals surface area (Å²) >= 11 is 1.16. The summed E-state index contributed by atoms with van der Waals surface area (Å²) in [6.45, 7) is 1.61. The molecule has 0 amide bonds. The van der Waals surface area contributed by atoms with Crippen molar-refractivity contribution in [1.29, 1.82) is 0 Å². The Balaban J connectivity index is 2.41. The van der Waals surface area contributed by atoms with Crippen molar-refractivity contribution in [2.24, 2.45) is 7.05 Å². The first kappa shape index (κ1) is 12.1. The van der Waals surface area contributed by atoms with Gasteiger partial charge in [0.05, 0.1) is 11.0 Å². The lowest BCUT2D eigenvalue weighted by atomic mass is 10.1. The van der Waals surface area contributed by atoms with Crippen LogP contribution in [0.1, 0.15) is 18.6 Å². The molecule has 2 aromatic rings. The quantitative estimate of drug-likeness (QED) is 0.910. The van der Waals surface area contributed by atoms with Crippen LogP contribution >= 0.6 is 11.8 Å². The van der Waals surface area contributed by atoms with E-state index in [1.165, 1.54) is 12.4 Å². The Bertz CT molecular complexity index is 527. The van der Waals surface area contributed by atoms with Gasteiger partial charge in [0.15, 0.2) is 5.16 Å². The largest absolute Gasteiger partial charge is 0.389 e. The zero-order valence-corrected chi connectivity index (χ0v) is 10.3. The van der Waals surface area contributed by atoms with Crippen molar-refractivity contribution in [2.45, 2.75) is 23.1 Å². The number of aliphatic hydroxyl groups is 1. The molecule has 0 saturated carbocycles. The van der Waals surface area contributed by atoms with E-state index in [1.807, 2.05) is 0 Å². The molecule has 0 aliphatic carbocycles. The molecule has 0 radical (unpaired) electrons. The summed E-state index contributed by atoms with van der Waals surface area (Å²) < 4.78 is 15.3. The number of hydrogen-bond acceptors (Lipinski definition) is 4. The molecule has 0 saturated heterocycles. The van der Waals surface area contributed by atoms with E-state index < -0.39 is 6.10 Å². The molecule has 1 N–H and O–H groups in total. The Kier molecular flexibility index (Phi) is 3.44. The molecule has 17 heavy (non-hydrogen) atoms. The zero-order valence-electron chi connectivity index (χ0n) is 9.46. The molecule has 4 nitrogen and oxygen atoms in total. The van der Waals surface area contributed by atoms with Gasteiger partial charge in [0.2, 0.25) is 0 Å². The standard InChI is InChI=1S/C11H12FN3OS/c1-7(16)8-4-3-5-9(12)10(8)17-11-13-6-14-15(11)2/h3-7,16H,1-2H3/t7-/m0/s1. The summed E-state index contributed by atoms with van der Waals surface area (Å²) in [7, 11) is 1.73. The predicted molar refractivity (Wildman–Crippen MR) is 62.2 cm³/mol. The SMILES string of the molecule is C[C@H](O)c1cccc(F)c1Sc1ncnn1C. The average molecular weight is 253 g/mol. The van der Waals surface area contributed by atoms with Crippen LogP contribution in [0.25, 0.3) is 0 Å². The maximum absolute atomic E-state index is 13.7. The van der Waals surface area contributed by atoms with Crippen LogP contribution in [0.5, 0.6) is 0 Å². The van der Waals surface area contributed by atoms with Crippen LogP contribution < -0.4 is 0 Å². The molecule has 1 aromatic carbocycles. The van der Waals surface area contributed by atoms with Crippen molar-refractivity contribution in [1.82, 2.24) is 14.8 Å². The van der Waals surface area contributed by atoms with Crippen LogP contribution in [0.4, 0.5) is 4.39 Å². The number of aliphatic hydroxyl groups excluding tert-OH is 1. The molecular formula is C11H12FN3OS. The van der Waals surface area contributed by atoms with Crippen LogP contribution in [0.15, 0.2) is 34.6 Å². The van der Waals surface area contributed by atoms with Gasteiger partial charge in [0.25, 0.3) is 0 Å². The zero-order chi connectivity index (χ0) is 12.4. The van der Waals surface area contributed by atoms with Crippen LogP contribution in [-0.4, -0.2) is 19.9 Å². The second-order valence-corrected chi connectivity index (χ2v) is 4.58. The van der Waals surface area contributed by atoms with Gasteiger partial charge in [-0.05, 0) is 30.3 Å². The third kappa shape index (κ3) is 2.48. The Morgan fingerprint density at radius 2 is 2.24 bits per heavy atom. The Labute approximate surface area is 102 Å². The van der Waals surface area contributed by atoms with Gasteiger partial charge >= 0.3 is 0 Å². The van der Waals surface area contributed by atoms with Gasteiger partial charge in [-0.1, -0.05) is 12.1 Å². The third-order valence-electron chi connectivity index (χ3n) is 2.31. The monoisotopic (exact) mass is 253 g/mol. The molecule has 0 bridgehead atoms. The van der Waals surface area contributed by atoms with Crippen LogP contribution in [0.3, 0.4) is 0 Å². The summed E-state index contributed by atoms with van der Waals surface area (Å²) in [4.78, 5) is 4.41. The number of hydrogen-bond donors (Lipinski definition) is 1. The molecule has 6 heteroatoms. The Morgan fingerprint density at radius 3 is 2.82 bits per heavy atom. The van der Waals surface area contributed by atoms with Gasteiger partial charge in [-0.2, -0.15) is 5.10 Å². The minimum atomic E-state index is -0.721. The van der Waals surface area contributed by atoms with E-state index in [0.717, 1.165) is 11.8 Å². The van der Waals surface area contributed by atoms with Gasteiger partial charge < -0.3 is 5.11 Å². The summed E-state index contributed by atoms with van der Waals surface area (Å²) in [5.74, 6) is -0.364. The average Bonchev–Trinajstić information content (AvgIpc) is 2.67. The summed E-state index contributed by atoms with van der Waals surface area (Å²) in [6.07, 6.45) is 0.687. The van der Waals surface area contributed by atoms with Crippen LogP contribution in [-0.2, 0) is 7.05 Å². The number of halogens is 1. The topological polar surface area (TPSA) is 50.9 Å². The van der Waals surface area contributed by atoms with Gasteiger partial charge in [-0.15, -0.1) is 0 Å². The van der Waals surface area contributed by atoms with Gasteiger partial charge in [0, 0.05) is 7.05 Å². The molecule has 1 heterocycles. The van der Waals surface area contributed by atoms with Crippen molar-refractivity contribution in [3.05, 3.63) is 35.9 Å². The van der Waals surface area contributed by atoms with E-state index in [2.05, 4.69) is 10.1 Å².